The Labute approximate surface area is 114 Å². The molecule has 0 radical (unpaired) electrons. The second kappa shape index (κ2) is 6.40. The lowest BCUT2D eigenvalue weighted by atomic mass is 10.3. The van der Waals surface area contributed by atoms with E-state index in [0.29, 0.717) is 5.69 Å². The standard InChI is InChI=1S/C13H18N2O3S/c1-4-8-15(9-5-2)19(16,17)13-10-11(14)6-7-12(13)18-3/h4-7,10H,1-2,8-9,14H2,3H3. The number of rotatable bonds is 7. The van der Waals surface area contributed by atoms with Crippen LogP contribution >= 0.6 is 0 Å². The Balaban J connectivity index is 3.34. The van der Waals surface area contributed by atoms with Gasteiger partial charge in [0.2, 0.25) is 10.0 Å². The molecule has 1 aromatic carbocycles. The molecule has 0 fully saturated rings. The molecule has 0 aliphatic heterocycles. The number of benzene rings is 1. The molecule has 19 heavy (non-hydrogen) atoms. The van der Waals surface area contributed by atoms with Crippen molar-refractivity contribution in [3.05, 3.63) is 43.5 Å². The molecule has 0 spiro atoms. The second-order valence-corrected chi connectivity index (χ2v) is 5.72. The van der Waals surface area contributed by atoms with Crippen LogP contribution in [-0.4, -0.2) is 32.9 Å². The van der Waals surface area contributed by atoms with Gasteiger partial charge in [0, 0.05) is 18.8 Å². The largest absolute Gasteiger partial charge is 0.495 e. The zero-order valence-corrected chi connectivity index (χ0v) is 11.7. The monoisotopic (exact) mass is 282 g/mol. The zero-order valence-electron chi connectivity index (χ0n) is 10.9. The summed E-state index contributed by atoms with van der Waals surface area (Å²) in [7, 11) is -2.29. The van der Waals surface area contributed by atoms with Gasteiger partial charge in [-0.1, -0.05) is 12.2 Å². The molecule has 0 saturated carbocycles. The first-order valence-corrected chi connectivity index (χ1v) is 7.06. The third kappa shape index (κ3) is 3.36. The number of methoxy groups -OCH3 is 1. The second-order valence-electron chi connectivity index (χ2n) is 3.81. The molecule has 0 aliphatic carbocycles. The van der Waals surface area contributed by atoms with Crippen LogP contribution in [0.25, 0.3) is 0 Å². The van der Waals surface area contributed by atoms with E-state index < -0.39 is 10.0 Å². The lowest BCUT2D eigenvalue weighted by molar-refractivity contribution is 0.398. The molecule has 0 aromatic heterocycles. The maximum atomic E-state index is 12.5. The van der Waals surface area contributed by atoms with Gasteiger partial charge in [-0.25, -0.2) is 8.42 Å². The summed E-state index contributed by atoms with van der Waals surface area (Å²) < 4.78 is 31.4. The minimum Gasteiger partial charge on any atom is -0.495 e. The molecule has 0 bridgehead atoms. The molecule has 0 aliphatic rings. The Bertz CT molecular complexity index is 557. The summed E-state index contributed by atoms with van der Waals surface area (Å²) in [5.74, 6) is 0.257. The number of nitrogen functional groups attached to an aromatic ring is 1. The summed E-state index contributed by atoms with van der Waals surface area (Å²) in [5, 5.41) is 0. The summed E-state index contributed by atoms with van der Waals surface area (Å²) in [4.78, 5) is 0.0405. The fourth-order valence-corrected chi connectivity index (χ4v) is 3.16. The van der Waals surface area contributed by atoms with E-state index in [9.17, 15) is 8.42 Å². The number of nitrogens with two attached hydrogens (primary N) is 1. The molecule has 1 rings (SSSR count). The first kappa shape index (κ1) is 15.3. The highest BCUT2D eigenvalue weighted by Crippen LogP contribution is 2.28. The third-order valence-corrected chi connectivity index (χ3v) is 4.32. The van der Waals surface area contributed by atoms with E-state index in [4.69, 9.17) is 10.5 Å². The van der Waals surface area contributed by atoms with E-state index in [1.54, 1.807) is 6.07 Å². The molecule has 6 heteroatoms. The molecule has 0 amide bonds. The Morgan fingerprint density at radius 1 is 1.32 bits per heavy atom. The summed E-state index contributed by atoms with van der Waals surface area (Å²) >= 11 is 0. The van der Waals surface area contributed by atoms with Crippen molar-refractivity contribution in [2.45, 2.75) is 4.90 Å². The van der Waals surface area contributed by atoms with Gasteiger partial charge in [-0.15, -0.1) is 13.2 Å². The minimum atomic E-state index is -3.70. The van der Waals surface area contributed by atoms with Crippen molar-refractivity contribution in [2.75, 3.05) is 25.9 Å². The fraction of sp³-hybridized carbons (Fsp3) is 0.231. The zero-order chi connectivity index (χ0) is 14.5. The lowest BCUT2D eigenvalue weighted by Gasteiger charge is -2.20. The van der Waals surface area contributed by atoms with E-state index in [2.05, 4.69) is 13.2 Å². The number of anilines is 1. The SMILES string of the molecule is C=CCN(CC=C)S(=O)(=O)c1cc(N)ccc1OC. The van der Waals surface area contributed by atoms with Crippen molar-refractivity contribution >= 4 is 15.7 Å². The van der Waals surface area contributed by atoms with Gasteiger partial charge < -0.3 is 10.5 Å². The van der Waals surface area contributed by atoms with Gasteiger partial charge in [0.1, 0.15) is 10.6 Å². The van der Waals surface area contributed by atoms with Crippen LogP contribution in [0.2, 0.25) is 0 Å². The molecule has 0 unspecified atom stereocenters. The maximum Gasteiger partial charge on any atom is 0.247 e. The number of sulfonamides is 1. The van der Waals surface area contributed by atoms with Crippen LogP contribution in [0.15, 0.2) is 48.4 Å². The number of hydrogen-bond acceptors (Lipinski definition) is 4. The van der Waals surface area contributed by atoms with Crippen molar-refractivity contribution in [3.63, 3.8) is 0 Å². The van der Waals surface area contributed by atoms with Crippen LogP contribution in [0.4, 0.5) is 5.69 Å². The van der Waals surface area contributed by atoms with Gasteiger partial charge in [0.25, 0.3) is 0 Å². The molecular weight excluding hydrogens is 264 g/mol. The van der Waals surface area contributed by atoms with E-state index in [1.165, 1.54) is 35.7 Å². The normalized spacial score (nSPS) is 11.3. The van der Waals surface area contributed by atoms with Gasteiger partial charge in [0.05, 0.1) is 7.11 Å². The number of ether oxygens (including phenoxy) is 1. The van der Waals surface area contributed by atoms with Crippen molar-refractivity contribution < 1.29 is 13.2 Å². The van der Waals surface area contributed by atoms with Gasteiger partial charge in [-0.05, 0) is 18.2 Å². The Hall–Kier alpha value is -1.79. The molecule has 104 valence electrons. The van der Waals surface area contributed by atoms with Crippen LogP contribution in [0, 0.1) is 0 Å². The summed E-state index contributed by atoms with van der Waals surface area (Å²) in [6.07, 6.45) is 3.03. The van der Waals surface area contributed by atoms with Crippen molar-refractivity contribution in [2.24, 2.45) is 0 Å². The Morgan fingerprint density at radius 2 is 1.89 bits per heavy atom. The van der Waals surface area contributed by atoms with Crippen LogP contribution < -0.4 is 10.5 Å². The smallest absolute Gasteiger partial charge is 0.247 e. The predicted molar refractivity (Wildman–Crippen MR) is 76.6 cm³/mol. The van der Waals surface area contributed by atoms with E-state index in [-0.39, 0.29) is 23.7 Å². The van der Waals surface area contributed by atoms with Gasteiger partial charge >= 0.3 is 0 Å². The quantitative estimate of drug-likeness (QED) is 0.609. The van der Waals surface area contributed by atoms with Crippen LogP contribution in [0.5, 0.6) is 5.75 Å². The molecule has 0 heterocycles. The molecule has 0 atom stereocenters. The molecule has 1 aromatic rings. The van der Waals surface area contributed by atoms with Gasteiger partial charge in [0.15, 0.2) is 0 Å². The molecular formula is C13H18N2O3S. The summed E-state index contributed by atoms with van der Waals surface area (Å²) in [6.45, 7) is 7.48. The average molecular weight is 282 g/mol. The van der Waals surface area contributed by atoms with Crippen molar-refractivity contribution in [1.82, 2.24) is 4.31 Å². The Kier molecular flexibility index (Phi) is 5.14. The minimum absolute atomic E-state index is 0.0405. The highest BCUT2D eigenvalue weighted by molar-refractivity contribution is 7.89. The summed E-state index contributed by atoms with van der Waals surface area (Å²) in [5.41, 5.74) is 6.01. The number of hydrogen-bond donors (Lipinski definition) is 1. The topological polar surface area (TPSA) is 72.6 Å². The maximum absolute atomic E-state index is 12.5. The summed E-state index contributed by atoms with van der Waals surface area (Å²) in [6, 6.07) is 4.50. The van der Waals surface area contributed by atoms with E-state index >= 15 is 0 Å². The van der Waals surface area contributed by atoms with E-state index in [0.717, 1.165) is 0 Å². The van der Waals surface area contributed by atoms with Crippen molar-refractivity contribution in [3.8, 4) is 5.75 Å². The predicted octanol–water partition coefficient (Wildman–Crippen LogP) is 1.64. The molecule has 5 nitrogen and oxygen atoms in total. The van der Waals surface area contributed by atoms with E-state index in [1.807, 2.05) is 0 Å². The van der Waals surface area contributed by atoms with Crippen LogP contribution in [-0.2, 0) is 10.0 Å². The van der Waals surface area contributed by atoms with Crippen LogP contribution in [0.3, 0.4) is 0 Å². The third-order valence-electron chi connectivity index (χ3n) is 2.47. The Morgan fingerprint density at radius 3 is 2.37 bits per heavy atom. The fourth-order valence-electron chi connectivity index (χ4n) is 1.59. The average Bonchev–Trinajstić information content (AvgIpc) is 2.38. The number of nitrogens with zero attached hydrogens (tertiary/aromatic N) is 1. The highest BCUT2D eigenvalue weighted by Gasteiger charge is 2.26. The van der Waals surface area contributed by atoms with Crippen LogP contribution in [0.1, 0.15) is 0 Å². The highest BCUT2D eigenvalue weighted by atomic mass is 32.2. The first-order chi connectivity index (χ1) is 8.97. The first-order valence-electron chi connectivity index (χ1n) is 5.62. The van der Waals surface area contributed by atoms with Crippen molar-refractivity contribution in [1.29, 1.82) is 0 Å². The lowest BCUT2D eigenvalue weighted by Crippen LogP contribution is -2.31. The van der Waals surface area contributed by atoms with Gasteiger partial charge in [-0.3, -0.25) is 0 Å². The van der Waals surface area contributed by atoms with Gasteiger partial charge in [-0.2, -0.15) is 4.31 Å². The molecule has 0 saturated heterocycles. The molecule has 2 N–H and O–H groups in total.